The number of hydrogen-bond donors (Lipinski definition) is 0. The molecule has 0 amide bonds. The first-order valence-corrected chi connectivity index (χ1v) is 9.21. The summed E-state index contributed by atoms with van der Waals surface area (Å²) in [5.41, 5.74) is 0.277. The van der Waals surface area contributed by atoms with Crippen LogP contribution in [0.5, 0.6) is 5.75 Å². The lowest BCUT2D eigenvalue weighted by atomic mass is 10.1. The number of carbonyl (C=O) groups excluding carboxylic acids is 2. The summed E-state index contributed by atoms with van der Waals surface area (Å²) in [6.07, 6.45) is 0. The molecule has 0 aliphatic heterocycles. The summed E-state index contributed by atoms with van der Waals surface area (Å²) < 4.78 is 35.3. The number of benzene rings is 2. The van der Waals surface area contributed by atoms with Gasteiger partial charge in [-0.05, 0) is 30.3 Å². The molecule has 0 heterocycles. The molecule has 0 bridgehead atoms. The smallest absolute Gasteiger partial charge is 0.338 e. The lowest BCUT2D eigenvalue weighted by molar-refractivity contribution is -0.0258. The van der Waals surface area contributed by atoms with Crippen LogP contribution in [0.25, 0.3) is 0 Å². The summed E-state index contributed by atoms with van der Waals surface area (Å²) in [6.45, 7) is -0.506. The molecule has 0 aromatic heterocycles. The summed E-state index contributed by atoms with van der Waals surface area (Å²) >= 11 is 0. The van der Waals surface area contributed by atoms with Gasteiger partial charge in [0.1, 0.15) is 5.75 Å². The maximum Gasteiger partial charge on any atom is 0.338 e. The number of para-hydroxylation sites is 1. The van der Waals surface area contributed by atoms with Crippen molar-refractivity contribution >= 4 is 21.8 Å². The van der Waals surface area contributed by atoms with E-state index in [0.717, 1.165) is 6.07 Å². The van der Waals surface area contributed by atoms with Crippen LogP contribution in [-0.4, -0.2) is 52.5 Å². The number of hydrogen-bond acceptors (Lipinski definition) is 7. The highest BCUT2D eigenvalue weighted by atomic mass is 32.2. The van der Waals surface area contributed by atoms with E-state index >= 15 is 0 Å². The van der Waals surface area contributed by atoms with Gasteiger partial charge in [0.05, 0.1) is 30.2 Å². The summed E-state index contributed by atoms with van der Waals surface area (Å²) in [6, 6.07) is 11.8. The number of Topliss-reactive ketones (excluding diaryl/α,β-unsaturated/α-hetero) is 1. The third-order valence-electron chi connectivity index (χ3n) is 3.70. The summed E-state index contributed by atoms with van der Waals surface area (Å²) in [5.74, 6) is -0.895. The van der Waals surface area contributed by atoms with Crippen LogP contribution in [0.2, 0.25) is 0 Å². The number of methoxy groups -OCH3 is 1. The van der Waals surface area contributed by atoms with Crippen LogP contribution in [-0.2, 0) is 19.6 Å². The first-order chi connectivity index (χ1) is 12.8. The molecule has 0 fully saturated rings. The van der Waals surface area contributed by atoms with Crippen LogP contribution < -0.4 is 4.74 Å². The Morgan fingerprint density at radius 3 is 2.41 bits per heavy atom. The van der Waals surface area contributed by atoms with Gasteiger partial charge in [-0.15, -0.1) is 0 Å². The number of ether oxygens (including phenoxy) is 2. The van der Waals surface area contributed by atoms with Crippen LogP contribution in [0.3, 0.4) is 0 Å². The highest BCUT2D eigenvalue weighted by molar-refractivity contribution is 7.89. The first kappa shape index (κ1) is 20.6. The van der Waals surface area contributed by atoms with E-state index in [2.05, 4.69) is 0 Å². The van der Waals surface area contributed by atoms with Gasteiger partial charge in [0, 0.05) is 7.05 Å². The van der Waals surface area contributed by atoms with Gasteiger partial charge in [-0.2, -0.15) is 0 Å². The van der Waals surface area contributed by atoms with Crippen molar-refractivity contribution in [3.63, 3.8) is 0 Å². The van der Waals surface area contributed by atoms with Gasteiger partial charge in [0.15, 0.2) is 6.61 Å². The lowest BCUT2D eigenvalue weighted by Crippen LogP contribution is -2.26. The molecular weight excluding hydrogens is 374 g/mol. The molecule has 0 unspecified atom stereocenters. The normalized spacial score (nSPS) is 11.3. The molecule has 2 aromatic carbocycles. The largest absolute Gasteiger partial charge is 0.496 e. The number of esters is 1. The van der Waals surface area contributed by atoms with Crippen molar-refractivity contribution in [3.8, 4) is 5.75 Å². The van der Waals surface area contributed by atoms with Crippen molar-refractivity contribution in [1.29, 1.82) is 0 Å². The monoisotopic (exact) mass is 393 g/mol. The Bertz CT molecular complexity index is 940. The summed E-state index contributed by atoms with van der Waals surface area (Å²) in [4.78, 5) is 29.0. The molecule has 9 heteroatoms. The van der Waals surface area contributed by atoms with E-state index in [4.69, 9.17) is 14.3 Å². The average molecular weight is 393 g/mol. The fraction of sp³-hybridized carbons (Fsp3) is 0.222. The van der Waals surface area contributed by atoms with Gasteiger partial charge < -0.3 is 9.47 Å². The topological polar surface area (TPSA) is 99.2 Å². The molecule has 0 N–H and O–H groups in total. The Balaban J connectivity index is 2.13. The van der Waals surface area contributed by atoms with Crippen LogP contribution in [0.15, 0.2) is 53.4 Å². The Hall–Kier alpha value is -2.75. The van der Waals surface area contributed by atoms with Gasteiger partial charge in [-0.25, -0.2) is 13.2 Å². The first-order valence-electron chi connectivity index (χ1n) is 7.77. The minimum atomic E-state index is -3.91. The van der Waals surface area contributed by atoms with Gasteiger partial charge >= 0.3 is 5.97 Å². The van der Waals surface area contributed by atoms with Crippen molar-refractivity contribution in [1.82, 2.24) is 4.47 Å². The second-order valence-corrected chi connectivity index (χ2v) is 7.26. The molecule has 0 radical (unpaired) electrons. The van der Waals surface area contributed by atoms with Crippen molar-refractivity contribution in [2.45, 2.75) is 4.90 Å². The predicted molar refractivity (Wildman–Crippen MR) is 96.0 cm³/mol. The predicted octanol–water partition coefficient (Wildman–Crippen LogP) is 1.92. The molecule has 0 aliphatic carbocycles. The third kappa shape index (κ3) is 4.70. The zero-order chi connectivity index (χ0) is 20.0. The molecule has 2 rings (SSSR count). The van der Waals surface area contributed by atoms with Crippen LogP contribution in [0.4, 0.5) is 0 Å². The number of hydroxylamine groups is 1. The number of carbonyl (C=O) groups is 2. The number of ketones is 1. The Morgan fingerprint density at radius 1 is 1.04 bits per heavy atom. The van der Waals surface area contributed by atoms with E-state index in [1.54, 1.807) is 24.3 Å². The van der Waals surface area contributed by atoms with E-state index in [-0.39, 0.29) is 16.0 Å². The average Bonchev–Trinajstić information content (AvgIpc) is 2.70. The zero-order valence-electron chi connectivity index (χ0n) is 15.0. The van der Waals surface area contributed by atoms with E-state index in [9.17, 15) is 18.0 Å². The molecule has 0 saturated carbocycles. The molecular formula is C18H19NO7S. The van der Waals surface area contributed by atoms with Crippen molar-refractivity contribution < 1.29 is 32.3 Å². The highest BCUT2D eigenvalue weighted by Gasteiger charge is 2.22. The fourth-order valence-corrected chi connectivity index (χ4v) is 3.22. The maximum absolute atomic E-state index is 12.2. The maximum atomic E-state index is 12.2. The van der Waals surface area contributed by atoms with Gasteiger partial charge in [0.25, 0.3) is 10.0 Å². The zero-order valence-corrected chi connectivity index (χ0v) is 15.9. The lowest BCUT2D eigenvalue weighted by Gasteiger charge is -2.14. The minimum Gasteiger partial charge on any atom is -0.496 e. The van der Waals surface area contributed by atoms with E-state index in [0.29, 0.717) is 10.2 Å². The number of rotatable bonds is 8. The standard InChI is InChI=1S/C18H19NO7S/c1-19(25-3)27(22,23)14-8-6-7-13(11-14)18(21)26-12-16(20)15-9-4-5-10-17(15)24-2/h4-11H,12H2,1-3H3. The Morgan fingerprint density at radius 2 is 1.74 bits per heavy atom. The van der Waals surface area contributed by atoms with E-state index in [1.165, 1.54) is 39.5 Å². The van der Waals surface area contributed by atoms with E-state index in [1.807, 2.05) is 0 Å². The molecule has 0 aliphatic rings. The molecule has 0 atom stereocenters. The molecule has 0 saturated heterocycles. The van der Waals surface area contributed by atoms with Crippen molar-refractivity contribution in [2.24, 2.45) is 0 Å². The van der Waals surface area contributed by atoms with Crippen molar-refractivity contribution in [3.05, 3.63) is 59.7 Å². The second-order valence-electron chi connectivity index (χ2n) is 5.32. The van der Waals surface area contributed by atoms with Gasteiger partial charge in [-0.3, -0.25) is 9.63 Å². The number of sulfonamides is 1. The third-order valence-corrected chi connectivity index (χ3v) is 5.38. The SMILES string of the molecule is COc1ccccc1C(=O)COC(=O)c1cccc(S(=O)(=O)N(C)OC)c1. The van der Waals surface area contributed by atoms with E-state index < -0.39 is 28.4 Å². The number of nitrogens with zero attached hydrogens (tertiary/aromatic N) is 1. The Labute approximate surface area is 157 Å². The molecule has 27 heavy (non-hydrogen) atoms. The Kier molecular flexibility index (Phi) is 6.67. The van der Waals surface area contributed by atoms with Crippen LogP contribution >= 0.6 is 0 Å². The second kappa shape index (κ2) is 8.76. The fourth-order valence-electron chi connectivity index (χ4n) is 2.20. The van der Waals surface area contributed by atoms with Crippen molar-refractivity contribution in [2.75, 3.05) is 27.9 Å². The summed E-state index contributed by atoms with van der Waals surface area (Å²) in [7, 11) is -0.0409. The minimum absolute atomic E-state index is 0.00611. The molecule has 0 spiro atoms. The molecule has 8 nitrogen and oxygen atoms in total. The quantitative estimate of drug-likeness (QED) is 0.384. The van der Waals surface area contributed by atoms with Gasteiger partial charge in [-0.1, -0.05) is 22.7 Å². The molecule has 2 aromatic rings. The molecule has 144 valence electrons. The van der Waals surface area contributed by atoms with Crippen LogP contribution in [0.1, 0.15) is 20.7 Å². The highest BCUT2D eigenvalue weighted by Crippen LogP contribution is 2.19. The van der Waals surface area contributed by atoms with Crippen LogP contribution in [0, 0.1) is 0 Å². The summed E-state index contributed by atoms with van der Waals surface area (Å²) in [5, 5.41) is 0. The van der Waals surface area contributed by atoms with Gasteiger partial charge in [0.2, 0.25) is 5.78 Å².